The van der Waals surface area contributed by atoms with Gasteiger partial charge in [0.1, 0.15) is 0 Å². The van der Waals surface area contributed by atoms with Gasteiger partial charge in [-0.15, -0.1) is 0 Å². The fourth-order valence-corrected chi connectivity index (χ4v) is 1.18. The highest BCUT2D eigenvalue weighted by Gasteiger charge is 2.43. The average Bonchev–Trinajstić information content (AvgIpc) is 2.03. The Hall–Kier alpha value is -0.580. The highest BCUT2D eigenvalue weighted by molar-refractivity contribution is 5.86. The number of ether oxygens (including phenoxy) is 1. The lowest BCUT2D eigenvalue weighted by molar-refractivity contribution is -0.179. The molecule has 0 N–H and O–H groups in total. The van der Waals surface area contributed by atoms with Gasteiger partial charge in [0.15, 0.2) is 0 Å². The van der Waals surface area contributed by atoms with Crippen LogP contribution in [-0.4, -0.2) is 25.2 Å². The van der Waals surface area contributed by atoms with Crippen LogP contribution in [0.2, 0.25) is 0 Å². The summed E-state index contributed by atoms with van der Waals surface area (Å²) in [5.74, 6) is -2.62. The van der Waals surface area contributed by atoms with Crippen LogP contribution >= 0.6 is 0 Å². The fourth-order valence-electron chi connectivity index (χ4n) is 1.18. The molecule has 1 heterocycles. The smallest absolute Gasteiger partial charge is 0.381 e. The monoisotopic (exact) mass is 182 g/mol. The Labute approximate surface area is 67.7 Å². The normalized spacial score (nSPS) is 25.4. The third-order valence-electron chi connectivity index (χ3n) is 1.81. The largest absolute Gasteiger partial charge is 0.450 e. The summed E-state index contributed by atoms with van der Waals surface area (Å²) < 4.78 is 40.3. The van der Waals surface area contributed by atoms with Crippen molar-refractivity contribution in [3.05, 3.63) is 0 Å². The predicted octanol–water partition coefficient (Wildman–Crippen LogP) is 1.54. The number of carbonyl (C=O) groups is 1. The van der Waals surface area contributed by atoms with Crippen LogP contribution in [-0.2, 0) is 9.53 Å². The second-order valence-corrected chi connectivity index (χ2v) is 2.78. The molecule has 0 saturated carbocycles. The summed E-state index contributed by atoms with van der Waals surface area (Å²) in [5.41, 5.74) is 0. The van der Waals surface area contributed by atoms with Gasteiger partial charge in [-0.3, -0.25) is 4.79 Å². The Morgan fingerprint density at radius 2 is 2.08 bits per heavy atom. The standard InChI is InChI=1S/C7H9F3O2/c8-7(9,10)6(11)5-2-1-3-12-4-5/h5H,1-4H2/t5-/m0/s1. The molecule has 0 spiro atoms. The molecular weight excluding hydrogens is 173 g/mol. The summed E-state index contributed by atoms with van der Waals surface area (Å²) in [6.07, 6.45) is -3.88. The molecule has 1 aliphatic rings. The van der Waals surface area contributed by atoms with Crippen molar-refractivity contribution in [3.8, 4) is 0 Å². The van der Waals surface area contributed by atoms with Crippen molar-refractivity contribution in [1.82, 2.24) is 0 Å². The van der Waals surface area contributed by atoms with E-state index in [4.69, 9.17) is 4.74 Å². The van der Waals surface area contributed by atoms with Crippen molar-refractivity contribution in [2.24, 2.45) is 5.92 Å². The molecule has 70 valence electrons. The van der Waals surface area contributed by atoms with Crippen molar-refractivity contribution in [3.63, 3.8) is 0 Å². The molecule has 1 atom stereocenters. The van der Waals surface area contributed by atoms with Crippen LogP contribution in [0.4, 0.5) is 13.2 Å². The number of ketones is 1. The van der Waals surface area contributed by atoms with Crippen molar-refractivity contribution in [1.29, 1.82) is 0 Å². The molecule has 0 aromatic heterocycles. The topological polar surface area (TPSA) is 26.3 Å². The molecule has 0 aliphatic carbocycles. The van der Waals surface area contributed by atoms with Crippen molar-refractivity contribution in [2.75, 3.05) is 13.2 Å². The highest BCUT2D eigenvalue weighted by atomic mass is 19.4. The van der Waals surface area contributed by atoms with E-state index >= 15 is 0 Å². The van der Waals surface area contributed by atoms with Crippen molar-refractivity contribution < 1.29 is 22.7 Å². The molecule has 0 aromatic rings. The van der Waals surface area contributed by atoms with E-state index in [1.54, 1.807) is 0 Å². The highest BCUT2D eigenvalue weighted by Crippen LogP contribution is 2.25. The maximum Gasteiger partial charge on any atom is 0.450 e. The molecule has 0 bridgehead atoms. The Morgan fingerprint density at radius 1 is 1.42 bits per heavy atom. The number of halogens is 3. The summed E-state index contributed by atoms with van der Waals surface area (Å²) in [5, 5.41) is 0. The first kappa shape index (κ1) is 9.51. The van der Waals surface area contributed by atoms with Crippen LogP contribution < -0.4 is 0 Å². The molecule has 5 heteroatoms. The first-order chi connectivity index (χ1) is 5.52. The molecule has 2 nitrogen and oxygen atoms in total. The molecular formula is C7H9F3O2. The van der Waals surface area contributed by atoms with Crippen LogP contribution in [0, 0.1) is 5.92 Å². The maximum absolute atomic E-state index is 11.8. The molecule has 1 fully saturated rings. The van der Waals surface area contributed by atoms with Gasteiger partial charge in [0, 0.05) is 6.61 Å². The number of Topliss-reactive ketones (excluding diaryl/α,β-unsaturated/α-hetero) is 1. The molecule has 0 aromatic carbocycles. The lowest BCUT2D eigenvalue weighted by Gasteiger charge is -2.21. The minimum atomic E-state index is -4.70. The third-order valence-corrected chi connectivity index (χ3v) is 1.81. The second kappa shape index (κ2) is 3.43. The Morgan fingerprint density at radius 3 is 2.50 bits per heavy atom. The SMILES string of the molecule is O=C([C@H]1CCCOC1)C(F)(F)F. The molecule has 0 amide bonds. The van der Waals surface area contributed by atoms with E-state index in [1.165, 1.54) is 0 Å². The van der Waals surface area contributed by atoms with E-state index in [0.29, 0.717) is 19.4 Å². The van der Waals surface area contributed by atoms with Gasteiger partial charge in [-0.05, 0) is 12.8 Å². The van der Waals surface area contributed by atoms with Crippen LogP contribution in [0.15, 0.2) is 0 Å². The molecule has 0 radical (unpaired) electrons. The average molecular weight is 182 g/mol. The van der Waals surface area contributed by atoms with Gasteiger partial charge < -0.3 is 4.74 Å². The third kappa shape index (κ3) is 2.20. The van der Waals surface area contributed by atoms with Crippen LogP contribution in [0.25, 0.3) is 0 Å². The molecule has 12 heavy (non-hydrogen) atoms. The maximum atomic E-state index is 11.8. The van der Waals surface area contributed by atoms with Gasteiger partial charge in [0.2, 0.25) is 5.78 Å². The van der Waals surface area contributed by atoms with E-state index in [9.17, 15) is 18.0 Å². The lowest BCUT2D eigenvalue weighted by Crippen LogP contribution is -2.35. The first-order valence-corrected chi connectivity index (χ1v) is 3.70. The van der Waals surface area contributed by atoms with Gasteiger partial charge in [-0.2, -0.15) is 13.2 Å². The van der Waals surface area contributed by atoms with Crippen molar-refractivity contribution in [2.45, 2.75) is 19.0 Å². The molecule has 1 saturated heterocycles. The summed E-state index contributed by atoms with van der Waals surface area (Å²) in [4.78, 5) is 10.6. The lowest BCUT2D eigenvalue weighted by atomic mass is 9.97. The zero-order valence-electron chi connectivity index (χ0n) is 6.36. The summed E-state index contributed by atoms with van der Waals surface area (Å²) in [6.45, 7) is 0.375. The van der Waals surface area contributed by atoms with E-state index in [0.717, 1.165) is 0 Å². The fraction of sp³-hybridized carbons (Fsp3) is 0.857. The molecule has 1 aliphatic heterocycles. The zero-order chi connectivity index (χ0) is 9.19. The zero-order valence-corrected chi connectivity index (χ0v) is 6.36. The van der Waals surface area contributed by atoms with Crippen LogP contribution in [0.3, 0.4) is 0 Å². The van der Waals surface area contributed by atoms with Crippen LogP contribution in [0.1, 0.15) is 12.8 Å². The molecule has 1 rings (SSSR count). The summed E-state index contributed by atoms with van der Waals surface area (Å²) in [6, 6.07) is 0. The summed E-state index contributed by atoms with van der Waals surface area (Å²) >= 11 is 0. The summed E-state index contributed by atoms with van der Waals surface area (Å²) in [7, 11) is 0. The van der Waals surface area contributed by atoms with E-state index in [-0.39, 0.29) is 6.61 Å². The number of hydrogen-bond donors (Lipinski definition) is 0. The number of hydrogen-bond acceptors (Lipinski definition) is 2. The predicted molar refractivity (Wildman–Crippen MR) is 34.6 cm³/mol. The van der Waals surface area contributed by atoms with Crippen molar-refractivity contribution >= 4 is 5.78 Å². The van der Waals surface area contributed by atoms with E-state index in [1.807, 2.05) is 0 Å². The van der Waals surface area contributed by atoms with Gasteiger partial charge >= 0.3 is 6.18 Å². The minimum absolute atomic E-state index is 0.0850. The number of alkyl halides is 3. The van der Waals surface area contributed by atoms with Gasteiger partial charge in [0.05, 0.1) is 12.5 Å². The molecule has 0 unspecified atom stereocenters. The number of rotatable bonds is 1. The van der Waals surface area contributed by atoms with Crippen LogP contribution in [0.5, 0.6) is 0 Å². The van der Waals surface area contributed by atoms with Gasteiger partial charge in [-0.25, -0.2) is 0 Å². The second-order valence-electron chi connectivity index (χ2n) is 2.78. The van der Waals surface area contributed by atoms with Gasteiger partial charge in [0.25, 0.3) is 0 Å². The Bertz CT molecular complexity index is 170. The van der Waals surface area contributed by atoms with Gasteiger partial charge in [-0.1, -0.05) is 0 Å². The Kier molecular flexibility index (Phi) is 2.72. The number of carbonyl (C=O) groups excluding carboxylic acids is 1. The van der Waals surface area contributed by atoms with E-state index in [2.05, 4.69) is 0 Å². The van der Waals surface area contributed by atoms with E-state index < -0.39 is 17.9 Å². The Balaban J connectivity index is 2.51. The minimum Gasteiger partial charge on any atom is -0.381 e. The quantitative estimate of drug-likeness (QED) is 0.614. The first-order valence-electron chi connectivity index (χ1n) is 3.70.